The summed E-state index contributed by atoms with van der Waals surface area (Å²) in [5, 5.41) is 11.0. The molecule has 1 N–H and O–H groups in total. The maximum atomic E-state index is 11.7. The molecule has 0 aliphatic rings. The third-order valence-electron chi connectivity index (χ3n) is 2.09. The predicted octanol–water partition coefficient (Wildman–Crippen LogP) is 2.12. The minimum absolute atomic E-state index is 0.179. The third-order valence-corrected chi connectivity index (χ3v) is 2.09. The summed E-state index contributed by atoms with van der Waals surface area (Å²) in [5.74, 6) is 0.516. The summed E-state index contributed by atoms with van der Waals surface area (Å²) in [6.45, 7) is 3.04. The molecule has 0 heterocycles. The van der Waals surface area contributed by atoms with Gasteiger partial charge in [-0.15, -0.1) is 0 Å². The van der Waals surface area contributed by atoms with Crippen molar-refractivity contribution in [2.45, 2.75) is 19.8 Å². The fourth-order valence-corrected chi connectivity index (χ4v) is 1.28. The SMILES string of the molecule is CCCOc1cccc(C(=O)NCCC#N)c1. The number of hydrogen-bond donors (Lipinski definition) is 1. The van der Waals surface area contributed by atoms with Crippen molar-refractivity contribution < 1.29 is 9.53 Å². The molecule has 4 nitrogen and oxygen atoms in total. The van der Waals surface area contributed by atoms with E-state index in [0.29, 0.717) is 30.9 Å². The second kappa shape index (κ2) is 7.29. The Morgan fingerprint density at radius 2 is 2.35 bits per heavy atom. The molecular weight excluding hydrogens is 216 g/mol. The lowest BCUT2D eigenvalue weighted by Gasteiger charge is -2.07. The maximum Gasteiger partial charge on any atom is 0.251 e. The van der Waals surface area contributed by atoms with Crippen LogP contribution in [0.5, 0.6) is 5.75 Å². The number of amides is 1. The van der Waals surface area contributed by atoms with Crippen molar-refractivity contribution in [3.8, 4) is 11.8 Å². The second-order valence-corrected chi connectivity index (χ2v) is 3.54. The summed E-state index contributed by atoms with van der Waals surface area (Å²) in [4.78, 5) is 11.7. The van der Waals surface area contributed by atoms with Crippen LogP contribution >= 0.6 is 0 Å². The van der Waals surface area contributed by atoms with Crippen LogP contribution in [0.15, 0.2) is 24.3 Å². The van der Waals surface area contributed by atoms with Gasteiger partial charge in [0.1, 0.15) is 5.75 Å². The van der Waals surface area contributed by atoms with Crippen LogP contribution in [0.2, 0.25) is 0 Å². The van der Waals surface area contributed by atoms with E-state index in [4.69, 9.17) is 10.00 Å². The predicted molar refractivity (Wildman–Crippen MR) is 64.8 cm³/mol. The Kier molecular flexibility index (Phi) is 5.59. The number of hydrogen-bond acceptors (Lipinski definition) is 3. The van der Waals surface area contributed by atoms with Crippen LogP contribution < -0.4 is 10.1 Å². The number of benzene rings is 1. The summed E-state index contributed by atoms with van der Waals surface area (Å²) >= 11 is 0. The van der Waals surface area contributed by atoms with Crippen LogP contribution in [0.4, 0.5) is 0 Å². The normalized spacial score (nSPS) is 9.41. The third kappa shape index (κ3) is 4.56. The van der Waals surface area contributed by atoms with E-state index in [9.17, 15) is 4.79 Å². The van der Waals surface area contributed by atoms with Crippen LogP contribution in [0.1, 0.15) is 30.1 Å². The van der Waals surface area contributed by atoms with E-state index in [0.717, 1.165) is 6.42 Å². The number of carbonyl (C=O) groups excluding carboxylic acids is 1. The van der Waals surface area contributed by atoms with Crippen molar-refractivity contribution in [2.75, 3.05) is 13.2 Å². The summed E-state index contributed by atoms with van der Waals surface area (Å²) in [6, 6.07) is 9.01. The molecule has 1 aromatic carbocycles. The molecule has 0 bridgehead atoms. The molecule has 0 aliphatic carbocycles. The molecule has 0 saturated heterocycles. The van der Waals surface area contributed by atoms with Gasteiger partial charge in [0.2, 0.25) is 0 Å². The van der Waals surface area contributed by atoms with Gasteiger partial charge in [-0.1, -0.05) is 13.0 Å². The number of nitrogens with zero attached hydrogens (tertiary/aromatic N) is 1. The Labute approximate surface area is 101 Å². The smallest absolute Gasteiger partial charge is 0.251 e. The van der Waals surface area contributed by atoms with Crippen LogP contribution in [-0.2, 0) is 0 Å². The van der Waals surface area contributed by atoms with Crippen LogP contribution in [0.25, 0.3) is 0 Å². The summed E-state index contributed by atoms with van der Waals surface area (Å²) in [6.07, 6.45) is 1.25. The minimum Gasteiger partial charge on any atom is -0.494 e. The highest BCUT2D eigenvalue weighted by atomic mass is 16.5. The van der Waals surface area contributed by atoms with Crippen molar-refractivity contribution >= 4 is 5.91 Å². The molecule has 4 heteroatoms. The highest BCUT2D eigenvalue weighted by Crippen LogP contribution is 2.13. The zero-order chi connectivity index (χ0) is 12.5. The van der Waals surface area contributed by atoms with Crippen LogP contribution in [-0.4, -0.2) is 19.1 Å². The van der Waals surface area contributed by atoms with E-state index in [2.05, 4.69) is 5.32 Å². The molecule has 1 amide bonds. The lowest BCUT2D eigenvalue weighted by atomic mass is 10.2. The first-order valence-corrected chi connectivity index (χ1v) is 5.66. The van der Waals surface area contributed by atoms with E-state index in [1.807, 2.05) is 19.1 Å². The van der Waals surface area contributed by atoms with Gasteiger partial charge in [0.15, 0.2) is 0 Å². The van der Waals surface area contributed by atoms with E-state index >= 15 is 0 Å². The molecule has 90 valence electrons. The Bertz CT molecular complexity index is 410. The summed E-state index contributed by atoms with van der Waals surface area (Å²) in [7, 11) is 0. The average molecular weight is 232 g/mol. The molecule has 0 fully saturated rings. The first kappa shape index (κ1) is 13.0. The Morgan fingerprint density at radius 3 is 3.06 bits per heavy atom. The summed E-state index contributed by atoms with van der Waals surface area (Å²) in [5.41, 5.74) is 0.552. The van der Waals surface area contributed by atoms with Crippen LogP contribution in [0, 0.1) is 11.3 Å². The molecule has 0 radical (unpaired) electrons. The largest absolute Gasteiger partial charge is 0.494 e. The standard InChI is InChI=1S/C13H16N2O2/c1-2-9-17-12-6-3-5-11(10-12)13(16)15-8-4-7-14/h3,5-6,10H,2,4,8-9H2,1H3,(H,15,16). The second-order valence-electron chi connectivity index (χ2n) is 3.54. The van der Waals surface area contributed by atoms with Crippen molar-refractivity contribution in [1.29, 1.82) is 5.26 Å². The highest BCUT2D eigenvalue weighted by molar-refractivity contribution is 5.94. The van der Waals surface area contributed by atoms with Gasteiger partial charge < -0.3 is 10.1 Å². The van der Waals surface area contributed by atoms with Gasteiger partial charge in [-0.3, -0.25) is 4.79 Å². The monoisotopic (exact) mass is 232 g/mol. The Morgan fingerprint density at radius 1 is 1.53 bits per heavy atom. The van der Waals surface area contributed by atoms with Gasteiger partial charge in [0.05, 0.1) is 19.1 Å². The molecule has 0 aromatic heterocycles. The van der Waals surface area contributed by atoms with Gasteiger partial charge in [-0.25, -0.2) is 0 Å². The first-order valence-electron chi connectivity index (χ1n) is 5.66. The maximum absolute atomic E-state index is 11.7. The van der Waals surface area contributed by atoms with E-state index in [1.165, 1.54) is 0 Å². The minimum atomic E-state index is -0.179. The molecule has 0 spiro atoms. The molecule has 17 heavy (non-hydrogen) atoms. The lowest BCUT2D eigenvalue weighted by Crippen LogP contribution is -2.24. The Balaban J connectivity index is 2.58. The average Bonchev–Trinajstić information content (AvgIpc) is 2.37. The van der Waals surface area contributed by atoms with Crippen molar-refractivity contribution in [3.05, 3.63) is 29.8 Å². The van der Waals surface area contributed by atoms with Gasteiger partial charge in [0, 0.05) is 12.1 Å². The molecular formula is C13H16N2O2. The van der Waals surface area contributed by atoms with Gasteiger partial charge in [-0.05, 0) is 24.6 Å². The zero-order valence-electron chi connectivity index (χ0n) is 9.90. The van der Waals surface area contributed by atoms with Crippen molar-refractivity contribution in [1.82, 2.24) is 5.32 Å². The number of ether oxygens (including phenoxy) is 1. The van der Waals surface area contributed by atoms with E-state index in [1.54, 1.807) is 18.2 Å². The van der Waals surface area contributed by atoms with Crippen molar-refractivity contribution in [2.24, 2.45) is 0 Å². The zero-order valence-corrected chi connectivity index (χ0v) is 9.90. The van der Waals surface area contributed by atoms with Gasteiger partial charge in [-0.2, -0.15) is 5.26 Å². The van der Waals surface area contributed by atoms with E-state index < -0.39 is 0 Å². The fraction of sp³-hybridized carbons (Fsp3) is 0.385. The Hall–Kier alpha value is -2.02. The van der Waals surface area contributed by atoms with Gasteiger partial charge >= 0.3 is 0 Å². The van der Waals surface area contributed by atoms with Crippen molar-refractivity contribution in [3.63, 3.8) is 0 Å². The topological polar surface area (TPSA) is 62.1 Å². The number of nitrogens with one attached hydrogen (secondary N) is 1. The molecule has 1 aromatic rings. The molecule has 1 rings (SSSR count). The quantitative estimate of drug-likeness (QED) is 0.764. The summed E-state index contributed by atoms with van der Waals surface area (Å²) < 4.78 is 5.44. The number of nitriles is 1. The number of carbonyl (C=O) groups is 1. The van der Waals surface area contributed by atoms with Gasteiger partial charge in [0.25, 0.3) is 5.91 Å². The molecule has 0 saturated carbocycles. The molecule has 0 atom stereocenters. The fourth-order valence-electron chi connectivity index (χ4n) is 1.28. The molecule has 0 aliphatic heterocycles. The highest BCUT2D eigenvalue weighted by Gasteiger charge is 2.05. The van der Waals surface area contributed by atoms with Crippen LogP contribution in [0.3, 0.4) is 0 Å². The lowest BCUT2D eigenvalue weighted by molar-refractivity contribution is 0.0954. The first-order chi connectivity index (χ1) is 8.27. The molecule has 0 unspecified atom stereocenters. The number of rotatable bonds is 6. The van der Waals surface area contributed by atoms with E-state index in [-0.39, 0.29) is 5.91 Å².